The van der Waals surface area contributed by atoms with Gasteiger partial charge >= 0.3 is 5.97 Å². The molecule has 3 heteroatoms. The summed E-state index contributed by atoms with van der Waals surface area (Å²) in [5.74, 6) is -0.871. The van der Waals surface area contributed by atoms with Crippen LogP contribution in [-0.2, 0) is 4.79 Å². The van der Waals surface area contributed by atoms with Crippen LogP contribution in [0.25, 0.3) is 0 Å². The molecule has 74 valence electrons. The number of benzene rings is 1. The Morgan fingerprint density at radius 2 is 1.93 bits per heavy atom. The van der Waals surface area contributed by atoms with E-state index in [1.807, 2.05) is 31.2 Å². The molecule has 0 unspecified atom stereocenters. The van der Waals surface area contributed by atoms with E-state index in [9.17, 15) is 4.79 Å². The summed E-state index contributed by atoms with van der Waals surface area (Å²) in [5.41, 5.74) is 1.56. The predicted octanol–water partition coefficient (Wildman–Crippen LogP) is 3.08. The second kappa shape index (κ2) is 4.86. The Hall–Kier alpha value is -1.22. The van der Waals surface area contributed by atoms with Crippen molar-refractivity contribution in [3.8, 4) is 0 Å². The summed E-state index contributed by atoms with van der Waals surface area (Å²) < 4.78 is 0. The third-order valence-corrected chi connectivity index (χ3v) is 2.75. The molecule has 1 N–H and O–H groups in total. The minimum absolute atomic E-state index is 0.357. The molecule has 1 rings (SSSR count). The molecule has 14 heavy (non-hydrogen) atoms. The Labute approximate surface area is 87.6 Å². The number of rotatable bonds is 3. The number of hydrogen-bond donors (Lipinski definition) is 1. The molecule has 0 amide bonds. The fraction of sp³-hybridized carbons (Fsp3) is 0.182. The average molecular weight is 208 g/mol. The van der Waals surface area contributed by atoms with Crippen LogP contribution in [0.3, 0.4) is 0 Å². The molecular formula is C11H12O2S. The largest absolute Gasteiger partial charge is 0.478 e. The highest BCUT2D eigenvalue weighted by molar-refractivity contribution is 8.02. The van der Waals surface area contributed by atoms with Gasteiger partial charge in [0.15, 0.2) is 0 Å². The van der Waals surface area contributed by atoms with Crippen LogP contribution in [-0.4, -0.2) is 11.1 Å². The smallest absolute Gasteiger partial charge is 0.331 e. The molecule has 0 heterocycles. The zero-order chi connectivity index (χ0) is 10.6. The molecule has 0 aromatic heterocycles. The summed E-state index contributed by atoms with van der Waals surface area (Å²) in [6, 6.07) is 7.97. The number of aliphatic carboxylic acids is 1. The van der Waals surface area contributed by atoms with Crippen molar-refractivity contribution in [2.24, 2.45) is 0 Å². The first-order valence-electron chi connectivity index (χ1n) is 4.23. The van der Waals surface area contributed by atoms with E-state index in [1.54, 1.807) is 12.3 Å². The Morgan fingerprint density at radius 3 is 2.43 bits per heavy atom. The van der Waals surface area contributed by atoms with Gasteiger partial charge in [-0.25, -0.2) is 4.79 Å². The van der Waals surface area contributed by atoms with Gasteiger partial charge in [0.1, 0.15) is 0 Å². The van der Waals surface area contributed by atoms with Crippen molar-refractivity contribution in [3.05, 3.63) is 40.8 Å². The van der Waals surface area contributed by atoms with Crippen LogP contribution in [0.2, 0.25) is 0 Å². The molecule has 0 saturated heterocycles. The quantitative estimate of drug-likeness (QED) is 0.612. The van der Waals surface area contributed by atoms with Crippen molar-refractivity contribution < 1.29 is 9.90 Å². The fourth-order valence-electron chi connectivity index (χ4n) is 0.824. The van der Waals surface area contributed by atoms with E-state index in [4.69, 9.17) is 5.11 Å². The first-order chi connectivity index (χ1) is 6.59. The van der Waals surface area contributed by atoms with Crippen molar-refractivity contribution in [1.29, 1.82) is 0 Å². The van der Waals surface area contributed by atoms with Gasteiger partial charge in [-0.05, 0) is 31.4 Å². The Morgan fingerprint density at radius 1 is 1.36 bits per heavy atom. The normalized spacial score (nSPS) is 11.4. The molecule has 0 spiro atoms. The van der Waals surface area contributed by atoms with Crippen LogP contribution in [0.15, 0.2) is 40.1 Å². The lowest BCUT2D eigenvalue weighted by atomic mass is 10.2. The molecule has 1 aromatic carbocycles. The highest BCUT2D eigenvalue weighted by atomic mass is 32.2. The third-order valence-electron chi connectivity index (χ3n) is 1.73. The lowest BCUT2D eigenvalue weighted by Crippen LogP contribution is -1.94. The van der Waals surface area contributed by atoms with Gasteiger partial charge in [-0.1, -0.05) is 29.5 Å². The maximum atomic E-state index is 10.5. The molecule has 0 aliphatic heterocycles. The molecule has 0 aliphatic rings. The molecular weight excluding hydrogens is 196 g/mol. The van der Waals surface area contributed by atoms with Crippen LogP contribution in [0.5, 0.6) is 0 Å². The van der Waals surface area contributed by atoms with Crippen molar-refractivity contribution in [3.63, 3.8) is 0 Å². The molecule has 0 fully saturated rings. The number of thioether (sulfide) groups is 1. The van der Waals surface area contributed by atoms with Gasteiger partial charge < -0.3 is 5.11 Å². The predicted molar refractivity (Wildman–Crippen MR) is 58.4 cm³/mol. The summed E-state index contributed by atoms with van der Waals surface area (Å²) in [7, 11) is 0. The summed E-state index contributed by atoms with van der Waals surface area (Å²) in [6.07, 6.45) is 0. The Bertz CT molecular complexity index is 352. The van der Waals surface area contributed by atoms with E-state index in [2.05, 4.69) is 0 Å². The number of carboxylic acid groups (broad SMARTS) is 1. The lowest BCUT2D eigenvalue weighted by Gasteiger charge is -1.97. The number of aryl methyl sites for hydroxylation is 1. The maximum absolute atomic E-state index is 10.5. The van der Waals surface area contributed by atoms with Crippen molar-refractivity contribution in [2.75, 3.05) is 0 Å². The first-order valence-corrected chi connectivity index (χ1v) is 5.11. The first kappa shape index (κ1) is 10.9. The van der Waals surface area contributed by atoms with Crippen LogP contribution in [0.4, 0.5) is 0 Å². The minimum atomic E-state index is -0.871. The van der Waals surface area contributed by atoms with E-state index in [0.717, 1.165) is 4.90 Å². The summed E-state index contributed by atoms with van der Waals surface area (Å²) in [4.78, 5) is 11.5. The van der Waals surface area contributed by atoms with Gasteiger partial charge in [-0.2, -0.15) is 0 Å². The zero-order valence-electron chi connectivity index (χ0n) is 8.15. The van der Waals surface area contributed by atoms with Gasteiger partial charge in [0.05, 0.1) is 0 Å². The summed E-state index contributed by atoms with van der Waals surface area (Å²) >= 11 is 1.42. The second-order valence-corrected chi connectivity index (χ2v) is 3.98. The van der Waals surface area contributed by atoms with E-state index in [-0.39, 0.29) is 0 Å². The highest BCUT2D eigenvalue weighted by Crippen LogP contribution is 2.20. The molecule has 0 aliphatic carbocycles. The van der Waals surface area contributed by atoms with Crippen LogP contribution < -0.4 is 0 Å². The van der Waals surface area contributed by atoms with Crippen LogP contribution in [0.1, 0.15) is 12.5 Å². The summed E-state index contributed by atoms with van der Waals surface area (Å²) in [6.45, 7) is 3.61. The highest BCUT2D eigenvalue weighted by Gasteiger charge is 1.99. The minimum Gasteiger partial charge on any atom is -0.478 e. The number of hydrogen-bond acceptors (Lipinski definition) is 2. The number of carboxylic acids is 1. The van der Waals surface area contributed by atoms with Gasteiger partial charge in [-0.15, -0.1) is 0 Å². The Kier molecular flexibility index (Phi) is 3.77. The van der Waals surface area contributed by atoms with Gasteiger partial charge in [0.2, 0.25) is 0 Å². The van der Waals surface area contributed by atoms with Crippen molar-refractivity contribution in [2.45, 2.75) is 18.7 Å². The van der Waals surface area contributed by atoms with Crippen LogP contribution >= 0.6 is 11.8 Å². The third kappa shape index (κ3) is 3.26. The average Bonchev–Trinajstić information content (AvgIpc) is 2.16. The standard InChI is InChI=1S/C11H12O2S/c1-8-3-5-10(6-4-8)14-7-9(2)11(12)13/h3-7H,1-2H3,(H,12,13)/b9-7+. The molecule has 1 aromatic rings. The second-order valence-electron chi connectivity index (χ2n) is 3.04. The fourth-order valence-corrected chi connectivity index (χ4v) is 1.53. The molecule has 0 radical (unpaired) electrons. The van der Waals surface area contributed by atoms with Crippen molar-refractivity contribution in [1.82, 2.24) is 0 Å². The zero-order valence-corrected chi connectivity index (χ0v) is 8.97. The van der Waals surface area contributed by atoms with E-state index >= 15 is 0 Å². The SMILES string of the molecule is C/C(=C\Sc1ccc(C)cc1)C(=O)O. The summed E-state index contributed by atoms with van der Waals surface area (Å²) in [5, 5.41) is 10.3. The number of carbonyl (C=O) groups is 1. The molecule has 0 bridgehead atoms. The van der Waals surface area contributed by atoms with Gasteiger partial charge in [0.25, 0.3) is 0 Å². The van der Waals surface area contributed by atoms with Gasteiger partial charge in [-0.3, -0.25) is 0 Å². The lowest BCUT2D eigenvalue weighted by molar-refractivity contribution is -0.132. The van der Waals surface area contributed by atoms with Crippen molar-refractivity contribution >= 4 is 17.7 Å². The molecule has 0 saturated carbocycles. The molecule has 2 nitrogen and oxygen atoms in total. The monoisotopic (exact) mass is 208 g/mol. The Balaban J connectivity index is 2.66. The van der Waals surface area contributed by atoms with Gasteiger partial charge in [0, 0.05) is 10.5 Å². The molecule has 0 atom stereocenters. The van der Waals surface area contributed by atoms with E-state index in [1.165, 1.54) is 17.3 Å². The van der Waals surface area contributed by atoms with Crippen LogP contribution in [0, 0.1) is 6.92 Å². The topological polar surface area (TPSA) is 37.3 Å². The van der Waals surface area contributed by atoms with E-state index < -0.39 is 5.97 Å². The van der Waals surface area contributed by atoms with E-state index in [0.29, 0.717) is 5.57 Å². The maximum Gasteiger partial charge on any atom is 0.331 e.